The molecule has 0 saturated carbocycles. The number of ether oxygens (including phenoxy) is 2. The summed E-state index contributed by atoms with van der Waals surface area (Å²) in [4.78, 5) is 22.5. The molecule has 1 aromatic carbocycles. The zero-order valence-corrected chi connectivity index (χ0v) is 10.7. The molecule has 0 aromatic heterocycles. The molecule has 104 valence electrons. The first kappa shape index (κ1) is 14.9. The molecule has 1 atom stereocenters. The molecule has 1 N–H and O–H groups in total. The van der Waals surface area contributed by atoms with Gasteiger partial charge >= 0.3 is 11.9 Å². The topological polar surface area (TPSA) is 72.8 Å². The van der Waals surface area contributed by atoms with Gasteiger partial charge in [0, 0.05) is 6.07 Å². The fraction of sp³-hybridized carbons (Fsp3) is 0.385. The molecule has 6 heteroatoms. The first-order valence-electron chi connectivity index (χ1n) is 5.71. The van der Waals surface area contributed by atoms with Gasteiger partial charge in [-0.05, 0) is 25.0 Å². The average molecular weight is 270 g/mol. The molecular formula is C13H15FO5. The molecule has 0 heterocycles. The smallest absolute Gasteiger partial charge is 0.320 e. The largest absolute Gasteiger partial charge is 0.497 e. The lowest BCUT2D eigenvalue weighted by Crippen LogP contribution is -2.28. The second-order valence-electron chi connectivity index (χ2n) is 3.80. The number of carbonyl (C=O) groups excluding carboxylic acids is 1. The molecular weight excluding hydrogens is 255 g/mol. The van der Waals surface area contributed by atoms with E-state index in [1.807, 2.05) is 0 Å². The van der Waals surface area contributed by atoms with Crippen LogP contribution in [0.25, 0.3) is 0 Å². The molecule has 0 aliphatic rings. The van der Waals surface area contributed by atoms with E-state index < -0.39 is 23.7 Å². The van der Waals surface area contributed by atoms with Crippen molar-refractivity contribution in [2.24, 2.45) is 5.92 Å². The quantitative estimate of drug-likeness (QED) is 0.628. The van der Waals surface area contributed by atoms with Crippen LogP contribution in [0, 0.1) is 11.7 Å². The van der Waals surface area contributed by atoms with Crippen LogP contribution in [0.5, 0.6) is 5.75 Å². The lowest BCUT2D eigenvalue weighted by Gasteiger charge is -2.12. The lowest BCUT2D eigenvalue weighted by atomic mass is 9.99. The van der Waals surface area contributed by atoms with Crippen LogP contribution < -0.4 is 4.74 Å². The number of carboxylic acid groups (broad SMARTS) is 1. The van der Waals surface area contributed by atoms with E-state index in [1.165, 1.54) is 19.2 Å². The monoisotopic (exact) mass is 270 g/mol. The van der Waals surface area contributed by atoms with E-state index in [2.05, 4.69) is 4.74 Å². The van der Waals surface area contributed by atoms with Gasteiger partial charge in [0.05, 0.1) is 13.7 Å². The Morgan fingerprint density at radius 1 is 1.42 bits per heavy atom. The van der Waals surface area contributed by atoms with E-state index in [0.717, 1.165) is 6.07 Å². The van der Waals surface area contributed by atoms with Crippen molar-refractivity contribution in [2.45, 2.75) is 13.3 Å². The van der Waals surface area contributed by atoms with Crippen molar-refractivity contribution < 1.29 is 28.6 Å². The van der Waals surface area contributed by atoms with Crippen LogP contribution in [0.3, 0.4) is 0 Å². The van der Waals surface area contributed by atoms with Crippen LogP contribution in [-0.4, -0.2) is 30.8 Å². The molecule has 1 aromatic rings. The molecule has 0 radical (unpaired) electrons. The van der Waals surface area contributed by atoms with Gasteiger partial charge in [-0.1, -0.05) is 6.07 Å². The summed E-state index contributed by atoms with van der Waals surface area (Å²) in [6.45, 7) is 1.65. The van der Waals surface area contributed by atoms with Crippen molar-refractivity contribution in [1.29, 1.82) is 0 Å². The Morgan fingerprint density at radius 3 is 2.58 bits per heavy atom. The minimum atomic E-state index is -1.41. The summed E-state index contributed by atoms with van der Waals surface area (Å²) in [5, 5.41) is 8.98. The molecule has 0 aliphatic heterocycles. The summed E-state index contributed by atoms with van der Waals surface area (Å²) < 4.78 is 23.2. The van der Waals surface area contributed by atoms with E-state index in [-0.39, 0.29) is 18.6 Å². The van der Waals surface area contributed by atoms with E-state index >= 15 is 0 Å². The second-order valence-corrected chi connectivity index (χ2v) is 3.80. The third kappa shape index (κ3) is 3.94. The summed E-state index contributed by atoms with van der Waals surface area (Å²) >= 11 is 0. The van der Waals surface area contributed by atoms with Crippen LogP contribution in [0.1, 0.15) is 12.5 Å². The van der Waals surface area contributed by atoms with Gasteiger partial charge in [-0.15, -0.1) is 0 Å². The Hall–Kier alpha value is -2.11. The fourth-order valence-electron chi connectivity index (χ4n) is 1.55. The van der Waals surface area contributed by atoms with Crippen LogP contribution in [0.15, 0.2) is 18.2 Å². The molecule has 0 saturated heterocycles. The highest BCUT2D eigenvalue weighted by molar-refractivity contribution is 5.94. The van der Waals surface area contributed by atoms with Gasteiger partial charge < -0.3 is 14.6 Å². The SMILES string of the molecule is CCOC(=O)C(Cc1ccc(OC)cc1F)C(=O)O. The van der Waals surface area contributed by atoms with E-state index in [9.17, 15) is 14.0 Å². The Balaban J connectivity index is 2.91. The number of benzene rings is 1. The van der Waals surface area contributed by atoms with Gasteiger partial charge in [0.15, 0.2) is 5.92 Å². The number of carboxylic acids is 1. The van der Waals surface area contributed by atoms with Crippen LogP contribution in [-0.2, 0) is 20.7 Å². The van der Waals surface area contributed by atoms with E-state index in [0.29, 0.717) is 5.75 Å². The molecule has 0 bridgehead atoms. The predicted molar refractivity (Wildman–Crippen MR) is 64.4 cm³/mol. The van der Waals surface area contributed by atoms with Crippen LogP contribution in [0.4, 0.5) is 4.39 Å². The normalized spacial score (nSPS) is 11.7. The van der Waals surface area contributed by atoms with Crippen LogP contribution in [0.2, 0.25) is 0 Å². The third-order valence-corrected chi connectivity index (χ3v) is 2.55. The van der Waals surface area contributed by atoms with Crippen molar-refractivity contribution in [3.63, 3.8) is 0 Å². The third-order valence-electron chi connectivity index (χ3n) is 2.55. The molecule has 0 spiro atoms. The summed E-state index contributed by atoms with van der Waals surface area (Å²) in [6, 6.07) is 4.03. The zero-order chi connectivity index (χ0) is 14.4. The summed E-state index contributed by atoms with van der Waals surface area (Å²) in [6.07, 6.45) is -0.260. The Labute approximate surface area is 109 Å². The number of methoxy groups -OCH3 is 1. The predicted octanol–water partition coefficient (Wildman–Crippen LogP) is 1.64. The first-order chi connectivity index (χ1) is 8.99. The number of rotatable bonds is 6. The number of hydrogen-bond donors (Lipinski definition) is 1. The molecule has 1 unspecified atom stereocenters. The van der Waals surface area contributed by atoms with Gasteiger partial charge in [-0.2, -0.15) is 0 Å². The van der Waals surface area contributed by atoms with Crippen molar-refractivity contribution in [3.8, 4) is 5.75 Å². The second kappa shape index (κ2) is 6.72. The highest BCUT2D eigenvalue weighted by Crippen LogP contribution is 2.20. The average Bonchev–Trinajstić information content (AvgIpc) is 2.36. The molecule has 1 rings (SSSR count). The Bertz CT molecular complexity index is 472. The molecule has 0 aliphatic carbocycles. The molecule has 0 fully saturated rings. The highest BCUT2D eigenvalue weighted by atomic mass is 19.1. The maximum Gasteiger partial charge on any atom is 0.320 e. The highest BCUT2D eigenvalue weighted by Gasteiger charge is 2.28. The van der Waals surface area contributed by atoms with Crippen molar-refractivity contribution in [2.75, 3.05) is 13.7 Å². The maximum atomic E-state index is 13.7. The number of halogens is 1. The molecule has 19 heavy (non-hydrogen) atoms. The van der Waals surface area contributed by atoms with Gasteiger partial charge in [-0.3, -0.25) is 9.59 Å². The van der Waals surface area contributed by atoms with Crippen molar-refractivity contribution in [1.82, 2.24) is 0 Å². The minimum absolute atomic E-state index is 0.0771. The standard InChI is InChI=1S/C13H15FO5/c1-3-19-13(17)10(12(15)16)6-8-4-5-9(18-2)7-11(8)14/h4-5,7,10H,3,6H2,1-2H3,(H,15,16). The fourth-order valence-corrected chi connectivity index (χ4v) is 1.55. The van der Waals surface area contributed by atoms with Gasteiger partial charge in [-0.25, -0.2) is 4.39 Å². The van der Waals surface area contributed by atoms with Crippen LogP contribution >= 0.6 is 0 Å². The van der Waals surface area contributed by atoms with E-state index in [4.69, 9.17) is 9.84 Å². The van der Waals surface area contributed by atoms with Crippen molar-refractivity contribution >= 4 is 11.9 Å². The van der Waals surface area contributed by atoms with Gasteiger partial charge in [0.25, 0.3) is 0 Å². The zero-order valence-electron chi connectivity index (χ0n) is 10.7. The number of carbonyl (C=O) groups is 2. The lowest BCUT2D eigenvalue weighted by molar-refractivity contribution is -0.158. The van der Waals surface area contributed by atoms with Gasteiger partial charge in [0.2, 0.25) is 0 Å². The van der Waals surface area contributed by atoms with E-state index in [1.54, 1.807) is 6.92 Å². The summed E-state index contributed by atoms with van der Waals surface area (Å²) in [5.41, 5.74) is 0.126. The number of aliphatic carboxylic acids is 1. The van der Waals surface area contributed by atoms with Gasteiger partial charge in [0.1, 0.15) is 11.6 Å². The maximum absolute atomic E-state index is 13.7. The first-order valence-corrected chi connectivity index (χ1v) is 5.71. The van der Waals surface area contributed by atoms with Crippen molar-refractivity contribution in [3.05, 3.63) is 29.6 Å². The molecule has 0 amide bonds. The summed E-state index contributed by atoms with van der Waals surface area (Å²) in [5.74, 6) is -3.92. The minimum Gasteiger partial charge on any atom is -0.497 e. The Morgan fingerprint density at radius 2 is 2.11 bits per heavy atom. The Kier molecular flexibility index (Phi) is 5.29. The summed E-state index contributed by atoms with van der Waals surface area (Å²) in [7, 11) is 1.40. The number of hydrogen-bond acceptors (Lipinski definition) is 4. The number of esters is 1. The molecule has 5 nitrogen and oxygen atoms in total.